The van der Waals surface area contributed by atoms with Gasteiger partial charge in [0.05, 0.1) is 0 Å². The van der Waals surface area contributed by atoms with Crippen LogP contribution in [0.1, 0.15) is 0 Å². The maximum absolute atomic E-state index is 4.56. The Morgan fingerprint density at radius 3 is 1.84 bits per heavy atom. The molecule has 0 fully saturated rings. The fourth-order valence-electron chi connectivity index (χ4n) is 5.31. The highest BCUT2D eigenvalue weighted by atomic mass is 32.2. The molecule has 0 radical (unpaired) electrons. The zero-order valence-electron chi connectivity index (χ0n) is 20.1. The molecule has 0 amide bonds. The van der Waals surface area contributed by atoms with Gasteiger partial charge in [-0.25, -0.2) is 0 Å². The molecule has 0 aliphatic carbocycles. The van der Waals surface area contributed by atoms with Crippen molar-refractivity contribution in [1.82, 2.24) is 4.98 Å². The SMILES string of the molecule is c1ccc(-c2ccc3ccccc3c2Sc2c3ccccc3c(-c3ccccc3)c3cnccc23)cc1. The molecule has 0 saturated carbocycles. The van der Waals surface area contributed by atoms with Crippen molar-refractivity contribution in [2.45, 2.75) is 9.79 Å². The summed E-state index contributed by atoms with van der Waals surface area (Å²) in [5.74, 6) is 0. The molecule has 0 unspecified atom stereocenters. The van der Waals surface area contributed by atoms with E-state index in [0.717, 1.165) is 0 Å². The lowest BCUT2D eigenvalue weighted by molar-refractivity contribution is 1.36. The number of hydrogen-bond acceptors (Lipinski definition) is 2. The van der Waals surface area contributed by atoms with E-state index in [1.165, 1.54) is 64.4 Å². The highest BCUT2D eigenvalue weighted by Crippen LogP contribution is 2.48. The zero-order chi connectivity index (χ0) is 24.6. The summed E-state index contributed by atoms with van der Waals surface area (Å²) in [4.78, 5) is 7.10. The smallest absolute Gasteiger partial charge is 0.0353 e. The third-order valence-corrected chi connectivity index (χ3v) is 8.29. The van der Waals surface area contributed by atoms with Gasteiger partial charge in [-0.15, -0.1) is 0 Å². The first kappa shape index (κ1) is 21.8. The molecule has 1 aromatic heterocycles. The number of aromatic nitrogens is 1. The van der Waals surface area contributed by atoms with Gasteiger partial charge in [0, 0.05) is 27.6 Å². The summed E-state index contributed by atoms with van der Waals surface area (Å²) in [6, 6.07) is 45.6. The number of hydrogen-bond donors (Lipinski definition) is 0. The van der Waals surface area contributed by atoms with E-state index < -0.39 is 0 Å². The second-order valence-electron chi connectivity index (χ2n) is 9.17. The van der Waals surface area contributed by atoms with Gasteiger partial charge >= 0.3 is 0 Å². The lowest BCUT2D eigenvalue weighted by Gasteiger charge is -2.19. The maximum atomic E-state index is 4.56. The average Bonchev–Trinajstić information content (AvgIpc) is 2.98. The summed E-state index contributed by atoms with van der Waals surface area (Å²) < 4.78 is 0. The molecule has 0 spiro atoms. The van der Waals surface area contributed by atoms with E-state index in [0.29, 0.717) is 0 Å². The van der Waals surface area contributed by atoms with Gasteiger partial charge in [0.1, 0.15) is 0 Å². The van der Waals surface area contributed by atoms with Crippen molar-refractivity contribution in [3.63, 3.8) is 0 Å². The van der Waals surface area contributed by atoms with Crippen LogP contribution in [0.4, 0.5) is 0 Å². The summed E-state index contributed by atoms with van der Waals surface area (Å²) >= 11 is 1.87. The van der Waals surface area contributed by atoms with Crippen LogP contribution in [0, 0.1) is 0 Å². The molecule has 1 nitrogen and oxygen atoms in total. The molecule has 7 aromatic rings. The summed E-state index contributed by atoms with van der Waals surface area (Å²) in [7, 11) is 0. The van der Waals surface area contributed by atoms with Crippen LogP contribution in [-0.2, 0) is 0 Å². The second-order valence-corrected chi connectivity index (χ2v) is 10.2. The molecule has 0 aliphatic rings. The largest absolute Gasteiger partial charge is 0.264 e. The highest BCUT2D eigenvalue weighted by molar-refractivity contribution is 8.00. The van der Waals surface area contributed by atoms with Crippen LogP contribution in [0.25, 0.3) is 54.6 Å². The number of pyridine rings is 1. The van der Waals surface area contributed by atoms with E-state index in [2.05, 4.69) is 132 Å². The first-order valence-electron chi connectivity index (χ1n) is 12.5. The highest BCUT2D eigenvalue weighted by Gasteiger charge is 2.19. The minimum absolute atomic E-state index is 1.18. The minimum atomic E-state index is 1.18. The zero-order valence-corrected chi connectivity index (χ0v) is 21.0. The van der Waals surface area contributed by atoms with Crippen molar-refractivity contribution in [3.05, 3.63) is 140 Å². The Morgan fingerprint density at radius 2 is 1.05 bits per heavy atom. The predicted molar refractivity (Wildman–Crippen MR) is 158 cm³/mol. The Kier molecular flexibility index (Phi) is 5.45. The predicted octanol–water partition coefficient (Wildman–Crippen LogP) is 10.0. The molecule has 0 N–H and O–H groups in total. The topological polar surface area (TPSA) is 12.9 Å². The fourth-order valence-corrected chi connectivity index (χ4v) is 6.68. The minimum Gasteiger partial charge on any atom is -0.264 e. The summed E-state index contributed by atoms with van der Waals surface area (Å²) in [5.41, 5.74) is 4.93. The van der Waals surface area contributed by atoms with Crippen LogP contribution in [0.3, 0.4) is 0 Å². The quantitative estimate of drug-likeness (QED) is 0.228. The van der Waals surface area contributed by atoms with Crippen LogP contribution in [-0.4, -0.2) is 4.98 Å². The summed E-state index contributed by atoms with van der Waals surface area (Å²) in [6.45, 7) is 0. The fraction of sp³-hybridized carbons (Fsp3) is 0. The number of nitrogens with zero attached hydrogens (tertiary/aromatic N) is 1. The van der Waals surface area contributed by atoms with Gasteiger partial charge in [-0.3, -0.25) is 4.98 Å². The Hall–Kier alpha value is -4.40. The molecule has 0 aliphatic heterocycles. The van der Waals surface area contributed by atoms with Crippen molar-refractivity contribution in [1.29, 1.82) is 0 Å². The Balaban J connectivity index is 1.56. The van der Waals surface area contributed by atoms with Crippen molar-refractivity contribution >= 4 is 44.1 Å². The molecule has 2 heteroatoms. The second kappa shape index (κ2) is 9.24. The van der Waals surface area contributed by atoms with Crippen LogP contribution in [0.5, 0.6) is 0 Å². The molecule has 37 heavy (non-hydrogen) atoms. The molecule has 174 valence electrons. The molecule has 0 bridgehead atoms. The van der Waals surface area contributed by atoms with Gasteiger partial charge in [-0.2, -0.15) is 0 Å². The van der Waals surface area contributed by atoms with Crippen molar-refractivity contribution in [2.75, 3.05) is 0 Å². The molecular formula is C35H23NS. The number of benzene rings is 6. The van der Waals surface area contributed by atoms with Crippen LogP contribution in [0.15, 0.2) is 150 Å². The summed E-state index contributed by atoms with van der Waals surface area (Å²) in [6.07, 6.45) is 3.94. The third kappa shape index (κ3) is 3.78. The van der Waals surface area contributed by atoms with Gasteiger partial charge in [-0.05, 0) is 55.3 Å². The summed E-state index contributed by atoms with van der Waals surface area (Å²) in [5, 5.41) is 7.43. The van der Waals surface area contributed by atoms with E-state index in [9.17, 15) is 0 Å². The lowest BCUT2D eigenvalue weighted by Crippen LogP contribution is -1.91. The molecule has 7 rings (SSSR count). The Labute approximate surface area is 220 Å². The van der Waals surface area contributed by atoms with Gasteiger partial charge in [0.15, 0.2) is 0 Å². The number of rotatable bonds is 4. The van der Waals surface area contributed by atoms with Gasteiger partial charge in [0.2, 0.25) is 0 Å². The monoisotopic (exact) mass is 489 g/mol. The van der Waals surface area contributed by atoms with E-state index in [-0.39, 0.29) is 0 Å². The molecule has 0 atom stereocenters. The number of fused-ring (bicyclic) bond motifs is 3. The standard InChI is InChI=1S/C35H23NS/c1-3-11-24(12-4-1)28-20-19-25-13-7-8-16-27(25)34(28)37-35-30-18-10-9-17-29(30)33(26-14-5-2-6-15-26)32-23-36-22-21-31(32)35/h1-23H. The first-order valence-corrected chi connectivity index (χ1v) is 13.3. The van der Waals surface area contributed by atoms with Crippen LogP contribution < -0.4 is 0 Å². The van der Waals surface area contributed by atoms with Crippen molar-refractivity contribution < 1.29 is 0 Å². The Morgan fingerprint density at radius 1 is 0.432 bits per heavy atom. The van der Waals surface area contributed by atoms with E-state index in [1.54, 1.807) is 0 Å². The Bertz CT molecular complexity index is 1840. The van der Waals surface area contributed by atoms with Gasteiger partial charge < -0.3 is 0 Å². The molecular weight excluding hydrogens is 466 g/mol. The molecule has 6 aromatic carbocycles. The molecule has 1 heterocycles. The third-order valence-electron chi connectivity index (χ3n) is 7.01. The first-order chi connectivity index (χ1) is 18.4. The van der Waals surface area contributed by atoms with Gasteiger partial charge in [-0.1, -0.05) is 133 Å². The van der Waals surface area contributed by atoms with E-state index in [1.807, 2.05) is 24.2 Å². The average molecular weight is 490 g/mol. The van der Waals surface area contributed by atoms with Crippen LogP contribution in [0.2, 0.25) is 0 Å². The van der Waals surface area contributed by atoms with Crippen molar-refractivity contribution in [2.24, 2.45) is 0 Å². The maximum Gasteiger partial charge on any atom is 0.0353 e. The van der Waals surface area contributed by atoms with E-state index in [4.69, 9.17) is 0 Å². The van der Waals surface area contributed by atoms with Crippen molar-refractivity contribution in [3.8, 4) is 22.3 Å². The lowest BCUT2D eigenvalue weighted by atomic mass is 9.93. The van der Waals surface area contributed by atoms with E-state index >= 15 is 0 Å². The normalized spacial score (nSPS) is 11.4. The molecule has 0 saturated heterocycles. The van der Waals surface area contributed by atoms with Crippen LogP contribution >= 0.6 is 11.8 Å². The van der Waals surface area contributed by atoms with Gasteiger partial charge in [0.25, 0.3) is 0 Å².